The Balaban J connectivity index is 1.70. The summed E-state index contributed by atoms with van der Waals surface area (Å²) in [6.45, 7) is 2.08. The number of morpholine rings is 1. The van der Waals surface area contributed by atoms with Crippen LogP contribution < -0.4 is 0 Å². The van der Waals surface area contributed by atoms with Crippen molar-refractivity contribution >= 4 is 23.4 Å². The first kappa shape index (κ1) is 18.8. The van der Waals surface area contributed by atoms with Gasteiger partial charge in [-0.2, -0.15) is 5.10 Å². The van der Waals surface area contributed by atoms with Crippen molar-refractivity contribution in [2.75, 3.05) is 26.3 Å². The number of nitrogens with zero attached hydrogens (tertiary/aromatic N) is 4. The van der Waals surface area contributed by atoms with Crippen molar-refractivity contribution < 1.29 is 14.5 Å². The monoisotopic (exact) mass is 422 g/mol. The Hall–Kier alpha value is -3.17. The number of nitro benzene ring substituents is 1. The molecule has 9 heteroatoms. The van der Waals surface area contributed by atoms with E-state index in [1.54, 1.807) is 33.5 Å². The molecule has 2 aliphatic heterocycles. The SMILES string of the molecule is O=C(c1nn(-c2ccccc2)c2c1CSc1ccc([N+](=O)[O-])cc1-2)N1CCOCC1. The van der Waals surface area contributed by atoms with E-state index in [0.29, 0.717) is 37.8 Å². The number of hydrogen-bond donors (Lipinski definition) is 0. The summed E-state index contributed by atoms with van der Waals surface area (Å²) in [5.41, 5.74) is 3.51. The molecule has 1 saturated heterocycles. The van der Waals surface area contributed by atoms with Gasteiger partial charge in [-0.25, -0.2) is 4.68 Å². The predicted octanol–water partition coefficient (Wildman–Crippen LogP) is 3.53. The van der Waals surface area contributed by atoms with Gasteiger partial charge in [0.25, 0.3) is 11.6 Å². The van der Waals surface area contributed by atoms with Crippen LogP contribution in [0.4, 0.5) is 5.69 Å². The molecule has 0 bridgehead atoms. The summed E-state index contributed by atoms with van der Waals surface area (Å²) in [5.74, 6) is 0.456. The highest BCUT2D eigenvalue weighted by atomic mass is 32.2. The van der Waals surface area contributed by atoms with E-state index in [2.05, 4.69) is 0 Å². The highest BCUT2D eigenvalue weighted by Crippen LogP contribution is 2.45. The zero-order chi connectivity index (χ0) is 20.7. The fourth-order valence-electron chi connectivity index (χ4n) is 3.80. The Labute approximate surface area is 176 Å². The second-order valence-electron chi connectivity index (χ2n) is 7.05. The van der Waals surface area contributed by atoms with Crippen LogP contribution in [0.3, 0.4) is 0 Å². The maximum absolute atomic E-state index is 13.3. The number of non-ortho nitro benzene ring substituents is 1. The molecule has 0 radical (unpaired) electrons. The normalized spacial score (nSPS) is 15.4. The van der Waals surface area contributed by atoms with Gasteiger partial charge < -0.3 is 9.64 Å². The number of ether oxygens (including phenoxy) is 1. The second kappa shape index (κ2) is 7.58. The van der Waals surface area contributed by atoms with Crippen LogP contribution in [0.25, 0.3) is 16.9 Å². The van der Waals surface area contributed by atoms with Gasteiger partial charge in [-0.05, 0) is 18.2 Å². The molecular weight excluding hydrogens is 404 g/mol. The number of hydrogen-bond acceptors (Lipinski definition) is 6. The molecule has 3 heterocycles. The van der Waals surface area contributed by atoms with E-state index in [0.717, 1.165) is 27.4 Å². The minimum atomic E-state index is -0.401. The van der Waals surface area contributed by atoms with Crippen molar-refractivity contribution in [2.45, 2.75) is 10.6 Å². The lowest BCUT2D eigenvalue weighted by Crippen LogP contribution is -2.41. The van der Waals surface area contributed by atoms with Crippen molar-refractivity contribution in [3.63, 3.8) is 0 Å². The van der Waals surface area contributed by atoms with Gasteiger partial charge >= 0.3 is 0 Å². The van der Waals surface area contributed by atoms with E-state index < -0.39 is 4.92 Å². The molecule has 30 heavy (non-hydrogen) atoms. The molecule has 0 N–H and O–H groups in total. The predicted molar refractivity (Wildman–Crippen MR) is 112 cm³/mol. The summed E-state index contributed by atoms with van der Waals surface area (Å²) < 4.78 is 7.11. The standard InChI is InChI=1S/C21H18N4O4S/c26-21(23-8-10-29-11-9-23)19-17-13-30-18-7-6-15(25(27)28)12-16(18)20(17)24(22-19)14-4-2-1-3-5-14/h1-7,12H,8-11,13H2. The number of carbonyl (C=O) groups excluding carboxylic acids is 1. The molecule has 3 aromatic rings. The molecule has 1 amide bonds. The maximum atomic E-state index is 13.3. The van der Waals surface area contributed by atoms with Gasteiger partial charge in [0.05, 0.1) is 29.5 Å². The van der Waals surface area contributed by atoms with Gasteiger partial charge in [-0.15, -0.1) is 11.8 Å². The maximum Gasteiger partial charge on any atom is 0.274 e. The van der Waals surface area contributed by atoms with Gasteiger partial charge in [-0.3, -0.25) is 14.9 Å². The van der Waals surface area contributed by atoms with Crippen LogP contribution in [-0.2, 0) is 10.5 Å². The van der Waals surface area contributed by atoms with Crippen LogP contribution in [0.2, 0.25) is 0 Å². The number of benzene rings is 2. The molecule has 0 unspecified atom stereocenters. The van der Waals surface area contributed by atoms with E-state index in [9.17, 15) is 14.9 Å². The number of para-hydroxylation sites is 1. The molecule has 0 atom stereocenters. The molecule has 152 valence electrons. The van der Waals surface area contributed by atoms with Crippen molar-refractivity contribution in [3.05, 3.63) is 69.9 Å². The Morgan fingerprint density at radius 1 is 1.13 bits per heavy atom. The molecule has 8 nitrogen and oxygen atoms in total. The average Bonchev–Trinajstić information content (AvgIpc) is 3.19. The van der Waals surface area contributed by atoms with Gasteiger partial charge in [-0.1, -0.05) is 18.2 Å². The fraction of sp³-hybridized carbons (Fsp3) is 0.238. The third kappa shape index (κ3) is 3.16. The van der Waals surface area contributed by atoms with Gasteiger partial charge in [0.15, 0.2) is 5.69 Å². The molecule has 0 saturated carbocycles. The second-order valence-corrected chi connectivity index (χ2v) is 8.07. The van der Waals surface area contributed by atoms with Crippen molar-refractivity contribution in [3.8, 4) is 16.9 Å². The van der Waals surface area contributed by atoms with Crippen LogP contribution in [0.1, 0.15) is 16.1 Å². The van der Waals surface area contributed by atoms with E-state index in [1.165, 1.54) is 6.07 Å². The highest BCUT2D eigenvalue weighted by Gasteiger charge is 2.32. The van der Waals surface area contributed by atoms with Crippen LogP contribution in [0, 0.1) is 10.1 Å². The van der Waals surface area contributed by atoms with Crippen molar-refractivity contribution in [2.24, 2.45) is 0 Å². The topological polar surface area (TPSA) is 90.5 Å². The number of rotatable bonds is 3. The summed E-state index contributed by atoms with van der Waals surface area (Å²) >= 11 is 1.57. The smallest absolute Gasteiger partial charge is 0.274 e. The first-order chi connectivity index (χ1) is 14.6. The summed E-state index contributed by atoms with van der Waals surface area (Å²) in [6, 6.07) is 14.4. The van der Waals surface area contributed by atoms with Crippen LogP contribution in [0.5, 0.6) is 0 Å². The minimum absolute atomic E-state index is 0.0177. The van der Waals surface area contributed by atoms with E-state index in [1.807, 2.05) is 30.3 Å². The summed E-state index contributed by atoms with van der Waals surface area (Å²) in [4.78, 5) is 27.0. The van der Waals surface area contributed by atoms with Crippen LogP contribution in [-0.4, -0.2) is 51.8 Å². The Morgan fingerprint density at radius 3 is 2.63 bits per heavy atom. The summed E-state index contributed by atoms with van der Waals surface area (Å²) in [6.07, 6.45) is 0. The quantitative estimate of drug-likeness (QED) is 0.474. The third-order valence-electron chi connectivity index (χ3n) is 5.29. The van der Waals surface area contributed by atoms with Crippen LogP contribution >= 0.6 is 11.8 Å². The van der Waals surface area contributed by atoms with E-state index in [-0.39, 0.29) is 11.6 Å². The van der Waals surface area contributed by atoms with E-state index in [4.69, 9.17) is 9.84 Å². The van der Waals surface area contributed by atoms with Crippen molar-refractivity contribution in [1.82, 2.24) is 14.7 Å². The minimum Gasteiger partial charge on any atom is -0.378 e. The Kier molecular flexibility index (Phi) is 4.76. The van der Waals surface area contributed by atoms with Gasteiger partial charge in [0.1, 0.15) is 0 Å². The first-order valence-corrected chi connectivity index (χ1v) is 10.6. The number of fused-ring (bicyclic) bond motifs is 3. The lowest BCUT2D eigenvalue weighted by molar-refractivity contribution is -0.384. The molecule has 0 aliphatic carbocycles. The molecular formula is C21H18N4O4S. The van der Waals surface area contributed by atoms with Gasteiger partial charge in [0, 0.05) is 47.0 Å². The summed E-state index contributed by atoms with van der Waals surface area (Å²) in [5, 5.41) is 16.1. The first-order valence-electron chi connectivity index (χ1n) is 9.59. The zero-order valence-electron chi connectivity index (χ0n) is 16.0. The third-order valence-corrected chi connectivity index (χ3v) is 6.39. The number of aromatic nitrogens is 2. The fourth-order valence-corrected chi connectivity index (χ4v) is 4.85. The van der Waals surface area contributed by atoms with Gasteiger partial charge in [0.2, 0.25) is 0 Å². The Morgan fingerprint density at radius 2 is 1.90 bits per heavy atom. The van der Waals surface area contributed by atoms with E-state index >= 15 is 0 Å². The summed E-state index contributed by atoms with van der Waals surface area (Å²) in [7, 11) is 0. The zero-order valence-corrected chi connectivity index (χ0v) is 16.8. The number of thioether (sulfide) groups is 1. The lowest BCUT2D eigenvalue weighted by atomic mass is 10.0. The molecule has 1 aromatic heterocycles. The van der Waals surface area contributed by atoms with Crippen molar-refractivity contribution in [1.29, 1.82) is 0 Å². The molecule has 5 rings (SSSR count). The number of carbonyl (C=O) groups is 1. The molecule has 2 aliphatic rings. The number of nitro groups is 1. The molecule has 1 fully saturated rings. The lowest BCUT2D eigenvalue weighted by Gasteiger charge is -2.26. The Bertz CT molecular complexity index is 1140. The molecule has 0 spiro atoms. The highest BCUT2D eigenvalue weighted by molar-refractivity contribution is 7.98. The van der Waals surface area contributed by atoms with Crippen LogP contribution in [0.15, 0.2) is 53.4 Å². The largest absolute Gasteiger partial charge is 0.378 e. The number of amides is 1. The molecule has 2 aromatic carbocycles. The average molecular weight is 422 g/mol.